The molecular formula is C18H33IN6O4S. The number of ether oxygens (including phenoxy) is 1. The molecule has 0 spiro atoms. The van der Waals surface area contributed by atoms with Gasteiger partial charge in [-0.2, -0.15) is 4.31 Å². The predicted octanol–water partition coefficient (Wildman–Crippen LogP) is 0.426. The van der Waals surface area contributed by atoms with Crippen LogP contribution in [0, 0.1) is 0 Å². The average Bonchev–Trinajstić information content (AvgIpc) is 3.22. The van der Waals surface area contributed by atoms with Crippen LogP contribution < -0.4 is 5.32 Å². The summed E-state index contributed by atoms with van der Waals surface area (Å²) in [5.74, 6) is 0.676. The number of piperazine rings is 1. The zero-order valence-corrected chi connectivity index (χ0v) is 21.1. The van der Waals surface area contributed by atoms with Gasteiger partial charge in [-0.1, -0.05) is 5.16 Å². The number of nitrogens with one attached hydrogen (secondary N) is 1. The second-order valence-electron chi connectivity index (χ2n) is 7.77. The Balaban J connectivity index is 0.00000320. The molecule has 2 aliphatic rings. The van der Waals surface area contributed by atoms with Gasteiger partial charge in [0, 0.05) is 64.6 Å². The summed E-state index contributed by atoms with van der Waals surface area (Å²) >= 11 is 0. The second kappa shape index (κ2) is 11.1. The molecule has 1 aromatic heterocycles. The first-order chi connectivity index (χ1) is 13.9. The van der Waals surface area contributed by atoms with Gasteiger partial charge in [0.25, 0.3) is 0 Å². The van der Waals surface area contributed by atoms with Crippen LogP contribution in [0.25, 0.3) is 0 Å². The van der Waals surface area contributed by atoms with Crippen LogP contribution in [-0.4, -0.2) is 106 Å². The van der Waals surface area contributed by atoms with Crippen molar-refractivity contribution in [2.45, 2.75) is 24.1 Å². The van der Waals surface area contributed by atoms with Crippen molar-refractivity contribution in [3.8, 4) is 0 Å². The summed E-state index contributed by atoms with van der Waals surface area (Å²) in [5.41, 5.74) is 0.465. The lowest BCUT2D eigenvalue weighted by molar-refractivity contribution is -0.00530. The summed E-state index contributed by atoms with van der Waals surface area (Å²) < 4.78 is 37.0. The molecule has 0 aliphatic carbocycles. The van der Waals surface area contributed by atoms with E-state index in [2.05, 4.69) is 39.4 Å². The third-order valence-electron chi connectivity index (χ3n) is 5.91. The monoisotopic (exact) mass is 556 g/mol. The Morgan fingerprint density at radius 2 is 1.93 bits per heavy atom. The number of nitrogens with zero attached hydrogens (tertiary/aromatic N) is 5. The minimum Gasteiger partial charge on any atom is -0.381 e. The van der Waals surface area contributed by atoms with Crippen molar-refractivity contribution < 1.29 is 17.7 Å². The molecule has 0 aromatic carbocycles. The van der Waals surface area contributed by atoms with E-state index >= 15 is 0 Å². The Morgan fingerprint density at radius 1 is 1.27 bits per heavy atom. The van der Waals surface area contributed by atoms with Gasteiger partial charge in [-0.25, -0.2) is 8.42 Å². The van der Waals surface area contributed by atoms with Gasteiger partial charge in [-0.3, -0.25) is 4.99 Å². The molecule has 12 heteroatoms. The highest BCUT2D eigenvalue weighted by Gasteiger charge is 2.36. The highest BCUT2D eigenvalue weighted by atomic mass is 127. The van der Waals surface area contributed by atoms with Crippen molar-refractivity contribution in [2.24, 2.45) is 4.99 Å². The molecule has 1 aromatic rings. The maximum atomic E-state index is 12.6. The number of aliphatic imine (C=N–C) groups is 1. The third-order valence-corrected chi connectivity index (χ3v) is 7.73. The van der Waals surface area contributed by atoms with E-state index in [1.807, 2.05) is 0 Å². The number of halogens is 1. The molecule has 3 heterocycles. The summed E-state index contributed by atoms with van der Waals surface area (Å²) in [4.78, 5) is 8.81. The Hall–Kier alpha value is -0.960. The lowest BCUT2D eigenvalue weighted by atomic mass is 9.88. The molecule has 172 valence electrons. The van der Waals surface area contributed by atoms with Crippen LogP contribution in [0.4, 0.5) is 0 Å². The lowest BCUT2D eigenvalue weighted by Crippen LogP contribution is -2.59. The highest BCUT2D eigenvalue weighted by molar-refractivity contribution is 14.0. The SMILES string of the molecule is CN=C(NCC1(N(C)C)CCOCC1)N1CCN(S(=O)(=O)Cc2ccon2)CC1.I. The van der Waals surface area contributed by atoms with Gasteiger partial charge in [0.1, 0.15) is 12.0 Å². The molecule has 30 heavy (non-hydrogen) atoms. The largest absolute Gasteiger partial charge is 0.381 e. The van der Waals surface area contributed by atoms with Crippen molar-refractivity contribution in [2.75, 3.05) is 67.1 Å². The summed E-state index contributed by atoms with van der Waals surface area (Å²) in [7, 11) is 2.57. The number of likely N-dealkylation sites (N-methyl/N-ethyl adjacent to an activating group) is 1. The molecule has 0 bridgehead atoms. The van der Waals surface area contributed by atoms with E-state index in [1.165, 1.54) is 10.6 Å². The number of guanidine groups is 1. The third kappa shape index (κ3) is 6.05. The molecule has 0 unspecified atom stereocenters. The number of hydrogen-bond donors (Lipinski definition) is 1. The molecular weight excluding hydrogens is 523 g/mol. The van der Waals surface area contributed by atoms with Crippen LogP contribution in [0.3, 0.4) is 0 Å². The van der Waals surface area contributed by atoms with Gasteiger partial charge >= 0.3 is 0 Å². The average molecular weight is 556 g/mol. The number of rotatable bonds is 6. The summed E-state index contributed by atoms with van der Waals surface area (Å²) in [6, 6.07) is 1.58. The fourth-order valence-electron chi connectivity index (χ4n) is 3.88. The standard InChI is InChI=1S/C18H32N6O4S.HI/c1-19-17(20-15-18(22(2)3)5-12-27-13-6-18)23-7-9-24(10-8-23)29(25,26)14-16-4-11-28-21-16;/h4,11H,5-10,12-15H2,1-3H3,(H,19,20);1H. The normalized spacial score (nSPS) is 20.8. The van der Waals surface area contributed by atoms with Crippen LogP contribution in [0.5, 0.6) is 0 Å². The van der Waals surface area contributed by atoms with Gasteiger partial charge in [-0.15, -0.1) is 24.0 Å². The quantitative estimate of drug-likeness (QED) is 0.306. The number of aromatic nitrogens is 1. The molecule has 2 saturated heterocycles. The first-order valence-electron chi connectivity index (χ1n) is 9.94. The lowest BCUT2D eigenvalue weighted by Gasteiger charge is -2.44. The van der Waals surface area contributed by atoms with Gasteiger partial charge in [0.15, 0.2) is 5.96 Å². The molecule has 2 fully saturated rings. The molecule has 10 nitrogen and oxygen atoms in total. The molecule has 3 rings (SSSR count). The van der Waals surface area contributed by atoms with Crippen molar-refractivity contribution in [1.29, 1.82) is 0 Å². The van der Waals surface area contributed by atoms with E-state index in [0.29, 0.717) is 31.9 Å². The Kier molecular flexibility index (Phi) is 9.33. The first-order valence-corrected chi connectivity index (χ1v) is 11.6. The van der Waals surface area contributed by atoms with Crippen LogP contribution in [0.2, 0.25) is 0 Å². The maximum absolute atomic E-state index is 12.6. The zero-order valence-electron chi connectivity index (χ0n) is 17.9. The highest BCUT2D eigenvalue weighted by Crippen LogP contribution is 2.25. The Labute approximate surface area is 196 Å². The minimum absolute atomic E-state index is 0. The van der Waals surface area contributed by atoms with Gasteiger partial charge in [0.2, 0.25) is 10.0 Å². The van der Waals surface area contributed by atoms with Crippen LogP contribution >= 0.6 is 24.0 Å². The number of hydrogen-bond acceptors (Lipinski definition) is 7. The van der Waals surface area contributed by atoms with Crippen molar-refractivity contribution in [1.82, 2.24) is 24.6 Å². The summed E-state index contributed by atoms with van der Waals surface area (Å²) in [5, 5.41) is 7.22. The Bertz CT molecular complexity index is 773. The molecule has 0 amide bonds. The van der Waals surface area contributed by atoms with Crippen LogP contribution in [0.15, 0.2) is 21.8 Å². The first kappa shape index (κ1) is 25.3. The summed E-state index contributed by atoms with van der Waals surface area (Å²) in [6.45, 7) is 4.34. The van der Waals surface area contributed by atoms with E-state index in [-0.39, 0.29) is 35.3 Å². The second-order valence-corrected chi connectivity index (χ2v) is 9.73. The van der Waals surface area contributed by atoms with Crippen LogP contribution in [0.1, 0.15) is 18.5 Å². The summed E-state index contributed by atoms with van der Waals surface area (Å²) in [6.07, 6.45) is 3.33. The molecule has 0 radical (unpaired) electrons. The van der Waals surface area contributed by atoms with E-state index in [1.54, 1.807) is 13.1 Å². The fraction of sp³-hybridized carbons (Fsp3) is 0.778. The van der Waals surface area contributed by atoms with Crippen LogP contribution in [-0.2, 0) is 20.5 Å². The maximum Gasteiger partial charge on any atom is 0.220 e. The predicted molar refractivity (Wildman–Crippen MR) is 126 cm³/mol. The van der Waals surface area contributed by atoms with E-state index < -0.39 is 10.0 Å². The number of sulfonamides is 1. The molecule has 0 saturated carbocycles. The topological polar surface area (TPSA) is 104 Å². The van der Waals surface area contributed by atoms with E-state index in [4.69, 9.17) is 9.26 Å². The Morgan fingerprint density at radius 3 is 2.47 bits per heavy atom. The van der Waals surface area contributed by atoms with Gasteiger partial charge in [-0.05, 0) is 26.9 Å². The molecule has 1 N–H and O–H groups in total. The van der Waals surface area contributed by atoms with E-state index in [9.17, 15) is 8.42 Å². The van der Waals surface area contributed by atoms with Crippen molar-refractivity contribution >= 4 is 40.0 Å². The van der Waals surface area contributed by atoms with Gasteiger partial charge < -0.3 is 24.4 Å². The van der Waals surface area contributed by atoms with Gasteiger partial charge in [0.05, 0.1) is 5.69 Å². The minimum atomic E-state index is -3.41. The van der Waals surface area contributed by atoms with Crippen molar-refractivity contribution in [3.05, 3.63) is 18.0 Å². The fourth-order valence-corrected chi connectivity index (χ4v) is 5.30. The van der Waals surface area contributed by atoms with E-state index in [0.717, 1.165) is 38.6 Å². The zero-order chi connectivity index (χ0) is 20.9. The molecule has 2 aliphatic heterocycles. The van der Waals surface area contributed by atoms with Crippen molar-refractivity contribution in [3.63, 3.8) is 0 Å². The smallest absolute Gasteiger partial charge is 0.220 e. The molecule has 0 atom stereocenters.